The van der Waals surface area contributed by atoms with Gasteiger partial charge in [0, 0.05) is 19.1 Å². The van der Waals surface area contributed by atoms with Gasteiger partial charge >= 0.3 is 12.0 Å². The quantitative estimate of drug-likeness (QED) is 0.711. The van der Waals surface area contributed by atoms with E-state index >= 15 is 0 Å². The number of hydrogen-bond acceptors (Lipinski definition) is 2. The first-order valence-corrected chi connectivity index (χ1v) is 5.68. The monoisotopic (exact) mass is 240 g/mol. The van der Waals surface area contributed by atoms with Crippen molar-refractivity contribution in [3.05, 3.63) is 0 Å². The first kappa shape index (κ1) is 15.3. The molecule has 0 aliphatic carbocycles. The van der Waals surface area contributed by atoms with E-state index in [1.165, 1.54) is 9.80 Å². The fourth-order valence-electron chi connectivity index (χ4n) is 1.60. The van der Waals surface area contributed by atoms with E-state index in [-0.39, 0.29) is 25.0 Å². The molecule has 0 aromatic heterocycles. The molecular weight excluding hydrogens is 220 g/mol. The zero-order chi connectivity index (χ0) is 13.4. The number of nitrogens with zero attached hydrogens (tertiary/aromatic N) is 2. The molecule has 0 rings (SSSR count). The summed E-state index contributed by atoms with van der Waals surface area (Å²) in [5.74, 6) is 1.51. The highest BCUT2D eigenvalue weighted by molar-refractivity contribution is 5.76. The van der Waals surface area contributed by atoms with Crippen molar-refractivity contribution in [1.82, 2.24) is 9.80 Å². The van der Waals surface area contributed by atoms with Crippen LogP contribution in [0.5, 0.6) is 0 Å². The molecule has 0 radical (unpaired) electrons. The molecule has 2 amide bonds. The van der Waals surface area contributed by atoms with Crippen molar-refractivity contribution in [1.29, 1.82) is 0 Å². The Morgan fingerprint density at radius 3 is 2.29 bits per heavy atom. The molecule has 0 spiro atoms. The summed E-state index contributed by atoms with van der Waals surface area (Å²) in [7, 11) is 0. The molecule has 17 heavy (non-hydrogen) atoms. The summed E-state index contributed by atoms with van der Waals surface area (Å²) in [4.78, 5) is 25.8. The van der Waals surface area contributed by atoms with Gasteiger partial charge in [-0.2, -0.15) is 0 Å². The average Bonchev–Trinajstić information content (AvgIpc) is 2.25. The van der Waals surface area contributed by atoms with Gasteiger partial charge in [-0.25, -0.2) is 4.79 Å². The third-order valence-corrected chi connectivity index (χ3v) is 2.52. The molecule has 5 heteroatoms. The molecule has 0 bridgehead atoms. The molecule has 1 N–H and O–H groups in total. The Balaban J connectivity index is 4.68. The van der Waals surface area contributed by atoms with Crippen LogP contribution in [-0.2, 0) is 4.79 Å². The summed E-state index contributed by atoms with van der Waals surface area (Å²) >= 11 is 0. The van der Waals surface area contributed by atoms with E-state index < -0.39 is 5.97 Å². The van der Waals surface area contributed by atoms with Crippen LogP contribution in [-0.4, -0.2) is 52.6 Å². The standard InChI is InChI=1S/C12H20N2O3/c1-5-8-13(6-2)12(17)14(7-3)10(4)9-11(15)16/h1,10H,6-9H2,2-4H3,(H,15,16). The van der Waals surface area contributed by atoms with Gasteiger partial charge < -0.3 is 14.9 Å². The van der Waals surface area contributed by atoms with Gasteiger partial charge in [-0.05, 0) is 20.8 Å². The van der Waals surface area contributed by atoms with Crippen LogP contribution in [0.1, 0.15) is 27.2 Å². The lowest BCUT2D eigenvalue weighted by Gasteiger charge is -2.32. The highest BCUT2D eigenvalue weighted by Gasteiger charge is 2.24. The second-order valence-corrected chi connectivity index (χ2v) is 3.73. The fourth-order valence-corrected chi connectivity index (χ4v) is 1.60. The Morgan fingerprint density at radius 1 is 1.35 bits per heavy atom. The highest BCUT2D eigenvalue weighted by Crippen LogP contribution is 2.08. The van der Waals surface area contributed by atoms with Crippen molar-refractivity contribution in [3.63, 3.8) is 0 Å². The molecular formula is C12H20N2O3. The second kappa shape index (κ2) is 7.55. The van der Waals surface area contributed by atoms with Crippen molar-refractivity contribution < 1.29 is 14.7 Å². The molecule has 0 saturated carbocycles. The number of urea groups is 1. The Morgan fingerprint density at radius 2 is 1.94 bits per heavy atom. The van der Waals surface area contributed by atoms with Crippen LogP contribution in [0.4, 0.5) is 4.79 Å². The predicted molar refractivity (Wildman–Crippen MR) is 65.6 cm³/mol. The zero-order valence-electron chi connectivity index (χ0n) is 10.6. The maximum Gasteiger partial charge on any atom is 0.321 e. The molecule has 1 atom stereocenters. The van der Waals surface area contributed by atoms with Gasteiger partial charge in [-0.15, -0.1) is 6.42 Å². The van der Waals surface area contributed by atoms with Gasteiger partial charge in [-0.1, -0.05) is 5.92 Å². The summed E-state index contributed by atoms with van der Waals surface area (Å²) in [5.41, 5.74) is 0. The van der Waals surface area contributed by atoms with E-state index in [2.05, 4.69) is 5.92 Å². The number of hydrogen-bond donors (Lipinski definition) is 1. The number of carboxylic acids is 1. The van der Waals surface area contributed by atoms with Crippen molar-refractivity contribution in [2.75, 3.05) is 19.6 Å². The van der Waals surface area contributed by atoms with Gasteiger partial charge in [-0.3, -0.25) is 4.79 Å². The van der Waals surface area contributed by atoms with Crippen LogP contribution in [0.3, 0.4) is 0 Å². The number of aliphatic carboxylic acids is 1. The Hall–Kier alpha value is -1.70. The van der Waals surface area contributed by atoms with Gasteiger partial charge in [0.1, 0.15) is 0 Å². The maximum absolute atomic E-state index is 12.1. The van der Waals surface area contributed by atoms with Crippen LogP contribution in [0.25, 0.3) is 0 Å². The van der Waals surface area contributed by atoms with Crippen molar-refractivity contribution in [2.45, 2.75) is 33.2 Å². The molecule has 0 aliphatic heterocycles. The molecule has 0 heterocycles. The number of carboxylic acid groups (broad SMARTS) is 1. The number of terminal acetylenes is 1. The lowest BCUT2D eigenvalue weighted by molar-refractivity contribution is -0.138. The van der Waals surface area contributed by atoms with Crippen molar-refractivity contribution >= 4 is 12.0 Å². The molecule has 0 aromatic carbocycles. The third-order valence-electron chi connectivity index (χ3n) is 2.52. The Kier molecular flexibility index (Phi) is 6.80. The van der Waals surface area contributed by atoms with Gasteiger partial charge in [0.05, 0.1) is 13.0 Å². The predicted octanol–water partition coefficient (Wildman–Crippen LogP) is 1.25. The topological polar surface area (TPSA) is 60.9 Å². The summed E-state index contributed by atoms with van der Waals surface area (Å²) in [6.07, 6.45) is 5.12. The maximum atomic E-state index is 12.1. The minimum Gasteiger partial charge on any atom is -0.481 e. The zero-order valence-corrected chi connectivity index (χ0v) is 10.6. The normalized spacial score (nSPS) is 11.4. The molecule has 1 unspecified atom stereocenters. The van der Waals surface area contributed by atoms with E-state index in [0.717, 1.165) is 0 Å². The third kappa shape index (κ3) is 4.77. The first-order valence-electron chi connectivity index (χ1n) is 5.68. The molecule has 5 nitrogen and oxygen atoms in total. The molecule has 0 aliphatic rings. The minimum absolute atomic E-state index is 0.0623. The largest absolute Gasteiger partial charge is 0.481 e. The highest BCUT2D eigenvalue weighted by atomic mass is 16.4. The van der Waals surface area contributed by atoms with Crippen LogP contribution < -0.4 is 0 Å². The number of rotatable bonds is 6. The van der Waals surface area contributed by atoms with E-state index in [1.807, 2.05) is 13.8 Å². The van der Waals surface area contributed by atoms with Gasteiger partial charge in [0.25, 0.3) is 0 Å². The van der Waals surface area contributed by atoms with Crippen LogP contribution in [0.2, 0.25) is 0 Å². The minimum atomic E-state index is -0.913. The average molecular weight is 240 g/mol. The summed E-state index contributed by atoms with van der Waals surface area (Å²) in [5, 5.41) is 8.73. The summed E-state index contributed by atoms with van der Waals surface area (Å²) in [6, 6.07) is -0.543. The molecule has 0 aromatic rings. The van der Waals surface area contributed by atoms with Crippen LogP contribution in [0, 0.1) is 12.3 Å². The van der Waals surface area contributed by atoms with E-state index in [1.54, 1.807) is 6.92 Å². The Labute approximate surface area is 102 Å². The number of carbonyl (C=O) groups excluding carboxylic acids is 1. The van der Waals surface area contributed by atoms with Gasteiger partial charge in [0.15, 0.2) is 0 Å². The molecule has 0 saturated heterocycles. The van der Waals surface area contributed by atoms with Crippen LogP contribution in [0.15, 0.2) is 0 Å². The van der Waals surface area contributed by atoms with E-state index in [4.69, 9.17) is 11.5 Å². The molecule has 0 fully saturated rings. The fraction of sp³-hybridized carbons (Fsp3) is 0.667. The molecule has 96 valence electrons. The van der Waals surface area contributed by atoms with Crippen molar-refractivity contribution in [3.8, 4) is 12.3 Å². The van der Waals surface area contributed by atoms with Gasteiger partial charge in [0.2, 0.25) is 0 Å². The SMILES string of the molecule is C#CCN(CC)C(=O)N(CC)C(C)CC(=O)O. The second-order valence-electron chi connectivity index (χ2n) is 3.73. The number of amides is 2. The van der Waals surface area contributed by atoms with E-state index in [9.17, 15) is 9.59 Å². The lowest BCUT2D eigenvalue weighted by Crippen LogP contribution is -2.47. The summed E-state index contributed by atoms with van der Waals surface area (Å²) in [6.45, 7) is 6.60. The summed E-state index contributed by atoms with van der Waals surface area (Å²) < 4.78 is 0. The number of carbonyl (C=O) groups is 2. The van der Waals surface area contributed by atoms with E-state index in [0.29, 0.717) is 13.1 Å². The Bertz CT molecular complexity index is 309. The smallest absolute Gasteiger partial charge is 0.321 e. The lowest BCUT2D eigenvalue weighted by atomic mass is 10.2. The van der Waals surface area contributed by atoms with Crippen LogP contribution >= 0.6 is 0 Å². The first-order chi connectivity index (χ1) is 7.97. The van der Waals surface area contributed by atoms with Crippen molar-refractivity contribution in [2.24, 2.45) is 0 Å².